The van der Waals surface area contributed by atoms with Gasteiger partial charge in [-0.2, -0.15) is 5.10 Å². The molecule has 0 aliphatic carbocycles. The molecule has 144 valence electrons. The van der Waals surface area contributed by atoms with Gasteiger partial charge in [0.1, 0.15) is 17.8 Å². The fourth-order valence-electron chi connectivity index (χ4n) is 3.22. The third-order valence-electron chi connectivity index (χ3n) is 4.60. The number of amides is 2. The first-order chi connectivity index (χ1) is 13.1. The number of rotatable bonds is 5. The molecule has 0 spiro atoms. The van der Waals surface area contributed by atoms with E-state index in [1.165, 1.54) is 5.01 Å². The lowest BCUT2D eigenvalue weighted by molar-refractivity contribution is -0.135. The number of hydrogen-bond acceptors (Lipinski definition) is 6. The second-order valence-corrected chi connectivity index (χ2v) is 6.52. The van der Waals surface area contributed by atoms with E-state index in [1.807, 2.05) is 30.3 Å². The topological polar surface area (TPSA) is 100 Å². The molecule has 1 saturated heterocycles. The minimum absolute atomic E-state index is 0.133. The molecule has 2 N–H and O–H groups in total. The van der Waals surface area contributed by atoms with Gasteiger partial charge in [0, 0.05) is 13.0 Å². The summed E-state index contributed by atoms with van der Waals surface area (Å²) in [6.45, 7) is 2.58. The SMILES string of the molecule is CCOC(=O)C1=NN(c2ccccc2)C(C(=O)NC2CCCCNC2=O)C1. The summed E-state index contributed by atoms with van der Waals surface area (Å²) in [5, 5.41) is 11.5. The molecule has 2 amide bonds. The van der Waals surface area contributed by atoms with Crippen LogP contribution in [-0.2, 0) is 19.1 Å². The quantitative estimate of drug-likeness (QED) is 0.750. The minimum Gasteiger partial charge on any atom is -0.461 e. The van der Waals surface area contributed by atoms with Crippen molar-refractivity contribution in [3.63, 3.8) is 0 Å². The predicted molar refractivity (Wildman–Crippen MR) is 100 cm³/mol. The number of nitrogens with zero attached hydrogens (tertiary/aromatic N) is 2. The van der Waals surface area contributed by atoms with Crippen LogP contribution in [0.2, 0.25) is 0 Å². The molecule has 1 aromatic carbocycles. The molecule has 0 saturated carbocycles. The zero-order chi connectivity index (χ0) is 19.2. The highest BCUT2D eigenvalue weighted by atomic mass is 16.5. The average Bonchev–Trinajstić information content (AvgIpc) is 3.03. The molecule has 2 heterocycles. The molecule has 2 aliphatic rings. The summed E-state index contributed by atoms with van der Waals surface area (Å²) in [6.07, 6.45) is 2.49. The van der Waals surface area contributed by atoms with Gasteiger partial charge in [-0.15, -0.1) is 0 Å². The highest BCUT2D eigenvalue weighted by Crippen LogP contribution is 2.25. The third-order valence-corrected chi connectivity index (χ3v) is 4.60. The number of hydrazone groups is 1. The van der Waals surface area contributed by atoms with Crippen molar-refractivity contribution < 1.29 is 19.1 Å². The van der Waals surface area contributed by atoms with Gasteiger partial charge in [0.2, 0.25) is 11.8 Å². The van der Waals surface area contributed by atoms with E-state index in [2.05, 4.69) is 15.7 Å². The standard InChI is InChI=1S/C19H24N4O4/c1-2-27-19(26)15-12-16(23(22-15)13-8-4-3-5-9-13)18(25)21-14-10-6-7-11-20-17(14)24/h3-5,8-9,14,16H,2,6-7,10-12H2,1H3,(H,20,24)(H,21,25). The Labute approximate surface area is 157 Å². The van der Waals surface area contributed by atoms with Crippen LogP contribution in [0.25, 0.3) is 0 Å². The van der Waals surface area contributed by atoms with E-state index in [-0.39, 0.29) is 30.6 Å². The number of nitrogens with one attached hydrogen (secondary N) is 2. The zero-order valence-electron chi connectivity index (χ0n) is 15.3. The van der Waals surface area contributed by atoms with Crippen LogP contribution in [0, 0.1) is 0 Å². The first kappa shape index (κ1) is 18.9. The second kappa shape index (κ2) is 8.66. The highest BCUT2D eigenvalue weighted by Gasteiger charge is 2.38. The molecule has 0 aromatic heterocycles. The Morgan fingerprint density at radius 3 is 2.81 bits per heavy atom. The zero-order valence-corrected chi connectivity index (χ0v) is 15.3. The summed E-state index contributed by atoms with van der Waals surface area (Å²) < 4.78 is 5.03. The van der Waals surface area contributed by atoms with E-state index in [9.17, 15) is 14.4 Å². The number of anilines is 1. The molecule has 2 aliphatic heterocycles. The van der Waals surface area contributed by atoms with Crippen LogP contribution in [0.1, 0.15) is 32.6 Å². The maximum atomic E-state index is 12.9. The Balaban J connectivity index is 1.78. The van der Waals surface area contributed by atoms with Crippen molar-refractivity contribution in [3.8, 4) is 0 Å². The van der Waals surface area contributed by atoms with Crippen molar-refractivity contribution in [2.24, 2.45) is 5.10 Å². The molecule has 1 fully saturated rings. The van der Waals surface area contributed by atoms with Crippen molar-refractivity contribution in [1.82, 2.24) is 10.6 Å². The normalized spacial score (nSPS) is 22.5. The van der Waals surface area contributed by atoms with E-state index < -0.39 is 18.1 Å². The molecule has 1 aromatic rings. The fraction of sp³-hybridized carbons (Fsp3) is 0.474. The van der Waals surface area contributed by atoms with Crippen molar-refractivity contribution in [1.29, 1.82) is 0 Å². The largest absolute Gasteiger partial charge is 0.461 e. The van der Waals surface area contributed by atoms with Crippen LogP contribution in [0.4, 0.5) is 5.69 Å². The molecule has 0 bridgehead atoms. The maximum Gasteiger partial charge on any atom is 0.354 e. The Kier molecular flexibility index (Phi) is 6.05. The minimum atomic E-state index is -0.706. The van der Waals surface area contributed by atoms with Crippen molar-refractivity contribution in [3.05, 3.63) is 30.3 Å². The van der Waals surface area contributed by atoms with E-state index in [0.29, 0.717) is 18.7 Å². The van der Waals surface area contributed by atoms with E-state index >= 15 is 0 Å². The highest BCUT2D eigenvalue weighted by molar-refractivity contribution is 6.38. The predicted octanol–water partition coefficient (Wildman–Crippen LogP) is 0.969. The molecular weight excluding hydrogens is 348 g/mol. The van der Waals surface area contributed by atoms with Crippen LogP contribution in [-0.4, -0.2) is 48.7 Å². The Morgan fingerprint density at radius 1 is 1.30 bits per heavy atom. The summed E-state index contributed by atoms with van der Waals surface area (Å²) in [5.41, 5.74) is 0.897. The summed E-state index contributed by atoms with van der Waals surface area (Å²) in [5.74, 6) is -1.03. The molecule has 8 heteroatoms. The van der Waals surface area contributed by atoms with Gasteiger partial charge in [-0.05, 0) is 38.3 Å². The second-order valence-electron chi connectivity index (χ2n) is 6.52. The summed E-state index contributed by atoms with van der Waals surface area (Å²) >= 11 is 0. The van der Waals surface area contributed by atoms with Crippen LogP contribution in [0.3, 0.4) is 0 Å². The molecular formula is C19H24N4O4. The van der Waals surface area contributed by atoms with Gasteiger partial charge >= 0.3 is 5.97 Å². The fourth-order valence-corrected chi connectivity index (χ4v) is 3.22. The molecule has 0 radical (unpaired) electrons. The van der Waals surface area contributed by atoms with Crippen molar-refractivity contribution >= 4 is 29.2 Å². The van der Waals surface area contributed by atoms with E-state index in [4.69, 9.17) is 4.74 Å². The number of ether oxygens (including phenoxy) is 1. The molecule has 3 rings (SSSR count). The van der Waals surface area contributed by atoms with Crippen molar-refractivity contribution in [2.45, 2.75) is 44.7 Å². The lowest BCUT2D eigenvalue weighted by Crippen LogP contribution is -2.51. The third kappa shape index (κ3) is 4.45. The van der Waals surface area contributed by atoms with Crippen LogP contribution in [0.5, 0.6) is 0 Å². The van der Waals surface area contributed by atoms with Crippen LogP contribution in [0.15, 0.2) is 35.4 Å². The van der Waals surface area contributed by atoms with Gasteiger partial charge in [0.15, 0.2) is 0 Å². The first-order valence-electron chi connectivity index (χ1n) is 9.27. The first-order valence-corrected chi connectivity index (χ1v) is 9.27. The molecule has 8 nitrogen and oxygen atoms in total. The molecule has 27 heavy (non-hydrogen) atoms. The Hall–Kier alpha value is -2.90. The lowest BCUT2D eigenvalue weighted by atomic mass is 10.1. The van der Waals surface area contributed by atoms with Gasteiger partial charge in [-0.1, -0.05) is 18.2 Å². The van der Waals surface area contributed by atoms with Gasteiger partial charge in [-0.25, -0.2) is 4.79 Å². The average molecular weight is 372 g/mol. The number of para-hydroxylation sites is 1. The van der Waals surface area contributed by atoms with Gasteiger partial charge in [0.05, 0.1) is 12.3 Å². The Bertz CT molecular complexity index is 734. The van der Waals surface area contributed by atoms with Gasteiger partial charge in [-0.3, -0.25) is 14.6 Å². The Morgan fingerprint density at radius 2 is 2.07 bits per heavy atom. The lowest BCUT2D eigenvalue weighted by Gasteiger charge is -2.24. The van der Waals surface area contributed by atoms with Crippen molar-refractivity contribution in [2.75, 3.05) is 18.2 Å². The monoisotopic (exact) mass is 372 g/mol. The van der Waals surface area contributed by atoms with Crippen LogP contribution >= 0.6 is 0 Å². The van der Waals surface area contributed by atoms with Crippen LogP contribution < -0.4 is 15.6 Å². The smallest absolute Gasteiger partial charge is 0.354 e. The van der Waals surface area contributed by atoms with E-state index in [1.54, 1.807) is 6.92 Å². The van der Waals surface area contributed by atoms with E-state index in [0.717, 1.165) is 12.8 Å². The number of hydrogen-bond donors (Lipinski definition) is 2. The number of carbonyl (C=O) groups is 3. The molecule has 2 atom stereocenters. The number of esters is 1. The number of benzene rings is 1. The summed E-state index contributed by atoms with van der Waals surface area (Å²) in [4.78, 5) is 37.2. The summed E-state index contributed by atoms with van der Waals surface area (Å²) in [7, 11) is 0. The molecule has 2 unspecified atom stereocenters. The van der Waals surface area contributed by atoms with Gasteiger partial charge in [0.25, 0.3) is 0 Å². The number of carbonyl (C=O) groups excluding carboxylic acids is 3. The maximum absolute atomic E-state index is 12.9. The van der Waals surface area contributed by atoms with Gasteiger partial charge < -0.3 is 15.4 Å². The summed E-state index contributed by atoms with van der Waals surface area (Å²) in [6, 6.07) is 7.89.